The molecule has 1 aliphatic heterocycles. The molecule has 0 radical (unpaired) electrons. The van der Waals surface area contributed by atoms with Gasteiger partial charge in [0.25, 0.3) is 0 Å². The minimum atomic E-state index is -1.55. The van der Waals surface area contributed by atoms with Crippen molar-refractivity contribution in [3.8, 4) is 0 Å². The number of nitrogens with one attached hydrogen (secondary N) is 1. The molecule has 0 aromatic carbocycles. The van der Waals surface area contributed by atoms with E-state index >= 15 is 0 Å². The highest BCUT2D eigenvalue weighted by molar-refractivity contribution is 5.76. The molecule has 1 saturated heterocycles. The van der Waals surface area contributed by atoms with Gasteiger partial charge < -0.3 is 40.3 Å². The molecular formula is C62H123NO8. The molecule has 1 amide bonds. The first-order valence-electron chi connectivity index (χ1n) is 31.7. The van der Waals surface area contributed by atoms with E-state index in [9.17, 15) is 30.3 Å². The van der Waals surface area contributed by atoms with Gasteiger partial charge in [-0.2, -0.15) is 0 Å². The Morgan fingerprint density at radius 3 is 1.00 bits per heavy atom. The Bertz CT molecular complexity index is 1080. The summed E-state index contributed by atoms with van der Waals surface area (Å²) in [7, 11) is 0. The molecule has 1 rings (SSSR count). The summed E-state index contributed by atoms with van der Waals surface area (Å²) in [5, 5.41) is 54.4. The predicted octanol–water partition coefficient (Wildman–Crippen LogP) is 16.2. The van der Waals surface area contributed by atoms with Gasteiger partial charge in [-0.15, -0.1) is 0 Å². The molecule has 1 heterocycles. The maximum absolute atomic E-state index is 13.0. The van der Waals surface area contributed by atoms with Crippen LogP contribution in [0.3, 0.4) is 0 Å². The number of hydrogen-bond donors (Lipinski definition) is 6. The van der Waals surface area contributed by atoms with E-state index in [0.29, 0.717) is 12.8 Å². The van der Waals surface area contributed by atoms with Crippen LogP contribution in [-0.4, -0.2) is 87.5 Å². The van der Waals surface area contributed by atoms with Crippen LogP contribution in [-0.2, 0) is 14.3 Å². The average molecular weight is 1010 g/mol. The van der Waals surface area contributed by atoms with Crippen LogP contribution in [0.4, 0.5) is 0 Å². The number of carbonyl (C=O) groups excluding carboxylic acids is 1. The van der Waals surface area contributed by atoms with Gasteiger partial charge in [-0.1, -0.05) is 316 Å². The lowest BCUT2D eigenvalue weighted by Gasteiger charge is -2.40. The summed E-state index contributed by atoms with van der Waals surface area (Å²) in [5.41, 5.74) is 0. The quantitative estimate of drug-likeness (QED) is 0.0330. The van der Waals surface area contributed by atoms with E-state index < -0.39 is 49.5 Å². The van der Waals surface area contributed by atoms with Gasteiger partial charge in [0.15, 0.2) is 6.29 Å². The normalized spacial score (nSPS) is 19.1. The molecule has 71 heavy (non-hydrogen) atoms. The number of hydrogen-bond acceptors (Lipinski definition) is 8. The van der Waals surface area contributed by atoms with Crippen molar-refractivity contribution >= 4 is 5.91 Å². The lowest BCUT2D eigenvalue weighted by Crippen LogP contribution is -2.60. The minimum absolute atomic E-state index is 0.132. The highest BCUT2D eigenvalue weighted by Crippen LogP contribution is 2.24. The zero-order chi connectivity index (χ0) is 51.5. The first-order valence-corrected chi connectivity index (χ1v) is 31.7. The molecule has 9 heteroatoms. The standard InChI is InChI=1S/C62H123NO8/c1-3-5-7-9-11-13-14-15-16-17-18-19-20-21-22-23-24-25-26-27-28-29-30-31-32-33-34-35-36-37-38-39-40-41-42-44-46-48-50-52-58(66)63-55(56(65)51-49-47-45-43-12-10-8-6-4-2)54-70-62-61(69)60(68)59(67)57(53-64)71-62/h55-57,59-62,64-65,67-69H,3-54H2,1-2H3,(H,63,66). The lowest BCUT2D eigenvalue weighted by atomic mass is 9.99. The first-order chi connectivity index (χ1) is 34.8. The third kappa shape index (κ3) is 42.0. The Labute approximate surface area is 440 Å². The second-order valence-electron chi connectivity index (χ2n) is 22.6. The van der Waals surface area contributed by atoms with Gasteiger partial charge in [-0.05, 0) is 12.8 Å². The molecule has 1 fully saturated rings. The van der Waals surface area contributed by atoms with Crippen LogP contribution >= 0.6 is 0 Å². The Morgan fingerprint density at radius 1 is 0.423 bits per heavy atom. The van der Waals surface area contributed by atoms with Crippen molar-refractivity contribution in [2.24, 2.45) is 0 Å². The van der Waals surface area contributed by atoms with Crippen molar-refractivity contribution in [2.75, 3.05) is 13.2 Å². The Kier molecular flexibility index (Phi) is 50.6. The summed E-state index contributed by atoms with van der Waals surface area (Å²) in [5.74, 6) is -0.139. The van der Waals surface area contributed by atoms with Crippen molar-refractivity contribution in [3.63, 3.8) is 0 Å². The van der Waals surface area contributed by atoms with Gasteiger partial charge in [0.2, 0.25) is 5.91 Å². The molecular weight excluding hydrogens is 887 g/mol. The highest BCUT2D eigenvalue weighted by atomic mass is 16.7. The zero-order valence-electron chi connectivity index (χ0n) is 47.3. The maximum Gasteiger partial charge on any atom is 0.220 e. The van der Waals surface area contributed by atoms with Crippen molar-refractivity contribution in [1.82, 2.24) is 5.32 Å². The molecule has 0 spiro atoms. The summed E-state index contributed by atoms with van der Waals surface area (Å²) in [6, 6.07) is -0.711. The summed E-state index contributed by atoms with van der Waals surface area (Å²) < 4.78 is 11.3. The maximum atomic E-state index is 13.0. The summed E-state index contributed by atoms with van der Waals surface area (Å²) in [4.78, 5) is 13.0. The summed E-state index contributed by atoms with van der Waals surface area (Å²) in [6.07, 6.45) is 57.8. The Morgan fingerprint density at radius 2 is 0.704 bits per heavy atom. The van der Waals surface area contributed by atoms with Gasteiger partial charge in [-0.3, -0.25) is 4.79 Å². The molecule has 6 N–H and O–H groups in total. The third-order valence-electron chi connectivity index (χ3n) is 15.7. The van der Waals surface area contributed by atoms with Gasteiger partial charge >= 0.3 is 0 Å². The lowest BCUT2D eigenvalue weighted by molar-refractivity contribution is -0.302. The fraction of sp³-hybridized carbons (Fsp3) is 0.984. The van der Waals surface area contributed by atoms with E-state index in [1.54, 1.807) is 0 Å². The van der Waals surface area contributed by atoms with E-state index in [1.165, 1.54) is 270 Å². The van der Waals surface area contributed by atoms with Crippen LogP contribution in [0, 0.1) is 0 Å². The number of unbranched alkanes of at least 4 members (excludes halogenated alkanes) is 46. The van der Waals surface area contributed by atoms with Crippen LogP contribution < -0.4 is 5.32 Å². The van der Waals surface area contributed by atoms with Crippen LogP contribution in [0.2, 0.25) is 0 Å². The number of ether oxygens (including phenoxy) is 2. The fourth-order valence-electron chi connectivity index (χ4n) is 10.7. The number of rotatable bonds is 56. The predicted molar refractivity (Wildman–Crippen MR) is 300 cm³/mol. The molecule has 7 unspecified atom stereocenters. The molecule has 0 aliphatic carbocycles. The van der Waals surface area contributed by atoms with E-state index in [-0.39, 0.29) is 12.5 Å². The largest absolute Gasteiger partial charge is 0.394 e. The average Bonchev–Trinajstić information content (AvgIpc) is 3.37. The van der Waals surface area contributed by atoms with Crippen LogP contribution in [0.25, 0.3) is 0 Å². The molecule has 0 bridgehead atoms. The van der Waals surface area contributed by atoms with Crippen molar-refractivity contribution in [3.05, 3.63) is 0 Å². The first kappa shape index (κ1) is 68.2. The minimum Gasteiger partial charge on any atom is -0.394 e. The van der Waals surface area contributed by atoms with Gasteiger partial charge in [-0.25, -0.2) is 0 Å². The zero-order valence-corrected chi connectivity index (χ0v) is 47.3. The fourth-order valence-corrected chi connectivity index (χ4v) is 10.7. The topological polar surface area (TPSA) is 149 Å². The number of carbonyl (C=O) groups is 1. The van der Waals surface area contributed by atoms with E-state index in [0.717, 1.165) is 38.5 Å². The Hall–Kier alpha value is -0.810. The molecule has 0 saturated carbocycles. The van der Waals surface area contributed by atoms with Crippen molar-refractivity contribution < 1.29 is 39.8 Å². The second kappa shape index (κ2) is 52.6. The van der Waals surface area contributed by atoms with Gasteiger partial charge in [0.05, 0.1) is 25.4 Å². The van der Waals surface area contributed by atoms with Crippen LogP contribution in [0.5, 0.6) is 0 Å². The van der Waals surface area contributed by atoms with E-state index in [2.05, 4.69) is 19.2 Å². The molecule has 424 valence electrons. The summed E-state index contributed by atoms with van der Waals surface area (Å²) >= 11 is 0. The molecule has 7 atom stereocenters. The van der Waals surface area contributed by atoms with Crippen molar-refractivity contribution in [2.45, 2.75) is 378 Å². The van der Waals surface area contributed by atoms with E-state index in [1.807, 2.05) is 0 Å². The second-order valence-corrected chi connectivity index (χ2v) is 22.6. The molecule has 1 aliphatic rings. The molecule has 9 nitrogen and oxygen atoms in total. The Balaban J connectivity index is 1.95. The van der Waals surface area contributed by atoms with Crippen LogP contribution in [0.15, 0.2) is 0 Å². The monoisotopic (exact) mass is 1010 g/mol. The number of amides is 1. The smallest absolute Gasteiger partial charge is 0.220 e. The molecule has 0 aromatic rings. The number of aliphatic hydroxyl groups excluding tert-OH is 5. The van der Waals surface area contributed by atoms with Gasteiger partial charge in [0, 0.05) is 6.42 Å². The SMILES string of the molecule is CCCCCCCCCCCCCCCCCCCCCCCCCCCCCCCCCCCCCCCCCC(=O)NC(COC1OC(CO)C(O)C(O)C1O)C(O)CCCCCCCCCCC. The number of aliphatic hydroxyl groups is 5. The highest BCUT2D eigenvalue weighted by Gasteiger charge is 2.44. The van der Waals surface area contributed by atoms with E-state index in [4.69, 9.17) is 9.47 Å². The van der Waals surface area contributed by atoms with Crippen molar-refractivity contribution in [1.29, 1.82) is 0 Å². The van der Waals surface area contributed by atoms with Gasteiger partial charge in [0.1, 0.15) is 24.4 Å². The van der Waals surface area contributed by atoms with Crippen LogP contribution in [0.1, 0.15) is 335 Å². The summed E-state index contributed by atoms with van der Waals surface area (Å²) in [6.45, 7) is 3.85. The third-order valence-corrected chi connectivity index (χ3v) is 15.7. The molecule has 0 aromatic heterocycles.